The highest BCUT2D eigenvalue weighted by Crippen LogP contribution is 2.36. The molecule has 1 saturated carbocycles. The average Bonchev–Trinajstić information content (AvgIpc) is 3.53. The number of fused-ring (bicyclic) bond motifs is 1. The molecular formula is C30H33N3O4. The number of carbonyl (C=O) groups excluding carboxylic acids is 2. The van der Waals surface area contributed by atoms with Crippen LogP contribution >= 0.6 is 0 Å². The van der Waals surface area contributed by atoms with E-state index < -0.39 is 6.04 Å². The van der Waals surface area contributed by atoms with Crippen LogP contribution in [0.3, 0.4) is 0 Å². The summed E-state index contributed by atoms with van der Waals surface area (Å²) in [6.07, 6.45) is 7.20. The Morgan fingerprint density at radius 1 is 1.05 bits per heavy atom. The highest BCUT2D eigenvalue weighted by molar-refractivity contribution is 6.04. The van der Waals surface area contributed by atoms with Gasteiger partial charge in [0, 0.05) is 23.1 Å². The molecule has 1 fully saturated rings. The van der Waals surface area contributed by atoms with Gasteiger partial charge >= 0.3 is 0 Å². The van der Waals surface area contributed by atoms with Crippen LogP contribution < -0.4 is 15.0 Å². The number of methoxy groups -OCH3 is 1. The molecule has 5 rings (SSSR count). The number of rotatable bonds is 8. The molecule has 1 aliphatic rings. The summed E-state index contributed by atoms with van der Waals surface area (Å²) < 4.78 is 11.6. The first kappa shape index (κ1) is 24.7. The molecular weight excluding hydrogens is 466 g/mol. The maximum atomic E-state index is 14.2. The second-order valence-corrected chi connectivity index (χ2v) is 9.67. The summed E-state index contributed by atoms with van der Waals surface area (Å²) in [7, 11) is 1.56. The number of nitrogens with one attached hydrogen (secondary N) is 2. The van der Waals surface area contributed by atoms with E-state index in [-0.39, 0.29) is 24.3 Å². The number of carbonyl (C=O) groups is 2. The first-order chi connectivity index (χ1) is 18.0. The second kappa shape index (κ2) is 10.9. The van der Waals surface area contributed by atoms with Crippen molar-refractivity contribution in [2.75, 3.05) is 12.0 Å². The van der Waals surface area contributed by atoms with Gasteiger partial charge in [-0.2, -0.15) is 0 Å². The number of nitrogens with zero attached hydrogens (tertiary/aromatic N) is 1. The molecule has 192 valence electrons. The first-order valence-electron chi connectivity index (χ1n) is 12.9. The number of furan rings is 1. The first-order valence-corrected chi connectivity index (χ1v) is 12.9. The van der Waals surface area contributed by atoms with Crippen molar-refractivity contribution in [3.63, 3.8) is 0 Å². The fourth-order valence-corrected chi connectivity index (χ4v) is 5.27. The zero-order chi connectivity index (χ0) is 25.8. The SMILES string of the molecule is COc1ccccc1N(C(=O)Cc1c[nH]c2ccccc12)C(C(=O)NC1CCCCC1)c1ccc(C)o1. The predicted octanol–water partition coefficient (Wildman–Crippen LogP) is 5.84. The van der Waals surface area contributed by atoms with Gasteiger partial charge in [-0.15, -0.1) is 0 Å². The number of amides is 2. The van der Waals surface area contributed by atoms with Crippen LogP contribution in [-0.2, 0) is 16.0 Å². The molecule has 2 heterocycles. The van der Waals surface area contributed by atoms with Crippen LogP contribution in [0.1, 0.15) is 55.2 Å². The fourth-order valence-electron chi connectivity index (χ4n) is 5.27. The number of anilines is 1. The van der Waals surface area contributed by atoms with Crippen molar-refractivity contribution in [2.45, 2.75) is 57.5 Å². The lowest BCUT2D eigenvalue weighted by atomic mass is 9.95. The van der Waals surface area contributed by atoms with Gasteiger partial charge in [-0.3, -0.25) is 14.5 Å². The lowest BCUT2D eigenvalue weighted by Gasteiger charge is -2.33. The number of hydrogen-bond acceptors (Lipinski definition) is 4. The van der Waals surface area contributed by atoms with E-state index in [0.29, 0.717) is 23.0 Å². The minimum atomic E-state index is -0.982. The normalized spacial score (nSPS) is 14.9. The number of aromatic nitrogens is 1. The van der Waals surface area contributed by atoms with Crippen LogP contribution in [0.25, 0.3) is 10.9 Å². The zero-order valence-corrected chi connectivity index (χ0v) is 21.3. The van der Waals surface area contributed by atoms with Gasteiger partial charge < -0.3 is 19.5 Å². The molecule has 2 aromatic heterocycles. The average molecular weight is 500 g/mol. The Morgan fingerprint density at radius 3 is 2.57 bits per heavy atom. The van der Waals surface area contributed by atoms with Crippen molar-refractivity contribution < 1.29 is 18.7 Å². The molecule has 0 bridgehead atoms. The number of aryl methyl sites for hydroxylation is 1. The van der Waals surface area contributed by atoms with E-state index in [9.17, 15) is 9.59 Å². The molecule has 7 heteroatoms. The van der Waals surface area contributed by atoms with E-state index in [4.69, 9.17) is 9.15 Å². The van der Waals surface area contributed by atoms with Crippen LogP contribution in [0.2, 0.25) is 0 Å². The molecule has 0 spiro atoms. The minimum Gasteiger partial charge on any atom is -0.495 e. The third-order valence-electron chi connectivity index (χ3n) is 7.12. The molecule has 1 atom stereocenters. The van der Waals surface area contributed by atoms with Crippen molar-refractivity contribution in [2.24, 2.45) is 0 Å². The standard InChI is InChI=1S/C30H33N3O4/c1-20-16-17-27(37-20)29(30(35)32-22-10-4-3-5-11-22)33(25-14-8-9-15-26(25)36-2)28(34)18-21-19-31-24-13-7-6-12-23(21)24/h6-9,12-17,19,22,29,31H,3-5,10-11,18H2,1-2H3,(H,32,35). The molecule has 2 N–H and O–H groups in total. The zero-order valence-electron chi connectivity index (χ0n) is 21.3. The van der Waals surface area contributed by atoms with Gasteiger partial charge in [0.25, 0.3) is 5.91 Å². The highest BCUT2D eigenvalue weighted by atomic mass is 16.5. The van der Waals surface area contributed by atoms with Gasteiger partial charge in [0.1, 0.15) is 17.3 Å². The van der Waals surface area contributed by atoms with Crippen molar-refractivity contribution in [3.05, 3.63) is 83.9 Å². The van der Waals surface area contributed by atoms with Crippen LogP contribution in [0.5, 0.6) is 5.75 Å². The van der Waals surface area contributed by atoms with Gasteiger partial charge in [-0.1, -0.05) is 49.6 Å². The maximum Gasteiger partial charge on any atom is 0.251 e. The Hall–Kier alpha value is -4.00. The van der Waals surface area contributed by atoms with E-state index >= 15 is 0 Å². The summed E-state index contributed by atoms with van der Waals surface area (Å²) in [5, 5.41) is 4.20. The number of ether oxygens (including phenoxy) is 1. The Kier molecular flexibility index (Phi) is 7.30. The highest BCUT2D eigenvalue weighted by Gasteiger charge is 2.37. The van der Waals surface area contributed by atoms with Crippen molar-refractivity contribution in [1.82, 2.24) is 10.3 Å². The fraction of sp³-hybridized carbons (Fsp3) is 0.333. The number of aromatic amines is 1. The molecule has 7 nitrogen and oxygen atoms in total. The quantitative estimate of drug-likeness (QED) is 0.319. The van der Waals surface area contributed by atoms with E-state index in [0.717, 1.165) is 42.1 Å². The second-order valence-electron chi connectivity index (χ2n) is 9.67. The smallest absolute Gasteiger partial charge is 0.251 e. The monoisotopic (exact) mass is 499 g/mol. The third kappa shape index (κ3) is 5.26. The minimum absolute atomic E-state index is 0.0862. The van der Waals surface area contributed by atoms with Crippen LogP contribution in [0.4, 0.5) is 5.69 Å². The van der Waals surface area contributed by atoms with Crippen LogP contribution in [0, 0.1) is 6.92 Å². The van der Waals surface area contributed by atoms with E-state index in [1.807, 2.05) is 61.7 Å². The number of hydrogen-bond donors (Lipinski definition) is 2. The Labute approximate surface area is 216 Å². The van der Waals surface area contributed by atoms with Crippen molar-refractivity contribution in [1.29, 1.82) is 0 Å². The molecule has 0 radical (unpaired) electrons. The Morgan fingerprint density at radius 2 is 1.81 bits per heavy atom. The van der Waals surface area contributed by atoms with Crippen molar-refractivity contribution >= 4 is 28.4 Å². The number of H-pyrrole nitrogens is 1. The largest absolute Gasteiger partial charge is 0.495 e. The van der Waals surface area contributed by atoms with E-state index in [1.165, 1.54) is 11.3 Å². The third-order valence-corrected chi connectivity index (χ3v) is 7.12. The van der Waals surface area contributed by atoms with Gasteiger partial charge in [0.15, 0.2) is 6.04 Å². The molecule has 0 saturated heterocycles. The molecule has 1 unspecified atom stereocenters. The van der Waals surface area contributed by atoms with Gasteiger partial charge in [0.05, 0.1) is 19.2 Å². The summed E-state index contributed by atoms with van der Waals surface area (Å²) in [5.41, 5.74) is 2.35. The van der Waals surface area contributed by atoms with Gasteiger partial charge in [-0.25, -0.2) is 0 Å². The topological polar surface area (TPSA) is 87.6 Å². The lowest BCUT2D eigenvalue weighted by molar-refractivity contribution is -0.127. The summed E-state index contributed by atoms with van der Waals surface area (Å²) in [5.74, 6) is 1.12. The summed E-state index contributed by atoms with van der Waals surface area (Å²) in [6, 6.07) is 17.9. The molecule has 4 aromatic rings. The summed E-state index contributed by atoms with van der Waals surface area (Å²) in [4.78, 5) is 32.9. The van der Waals surface area contributed by atoms with Crippen molar-refractivity contribution in [3.8, 4) is 5.75 Å². The number of para-hydroxylation sites is 3. The van der Waals surface area contributed by atoms with E-state index in [1.54, 1.807) is 19.2 Å². The Balaban J connectivity index is 1.57. The van der Waals surface area contributed by atoms with E-state index in [2.05, 4.69) is 10.3 Å². The maximum absolute atomic E-state index is 14.2. The molecule has 0 aliphatic heterocycles. The molecule has 2 amide bonds. The predicted molar refractivity (Wildman–Crippen MR) is 144 cm³/mol. The lowest BCUT2D eigenvalue weighted by Crippen LogP contribution is -2.47. The molecule has 37 heavy (non-hydrogen) atoms. The number of benzene rings is 2. The Bertz CT molecular complexity index is 1380. The van der Waals surface area contributed by atoms with Crippen LogP contribution in [-0.4, -0.2) is 29.9 Å². The molecule has 2 aromatic carbocycles. The van der Waals surface area contributed by atoms with Gasteiger partial charge in [-0.05, 0) is 55.7 Å². The van der Waals surface area contributed by atoms with Crippen LogP contribution in [0.15, 0.2) is 71.3 Å². The summed E-state index contributed by atoms with van der Waals surface area (Å²) >= 11 is 0. The molecule has 1 aliphatic carbocycles. The van der Waals surface area contributed by atoms with Gasteiger partial charge in [0.2, 0.25) is 5.91 Å². The summed E-state index contributed by atoms with van der Waals surface area (Å²) in [6.45, 7) is 1.83.